The molecule has 0 bridgehead atoms. The lowest BCUT2D eigenvalue weighted by molar-refractivity contribution is 0.580. The lowest BCUT2D eigenvalue weighted by Crippen LogP contribution is -2.17. The first-order chi connectivity index (χ1) is 8.43. The van der Waals surface area contributed by atoms with E-state index >= 15 is 0 Å². The van der Waals surface area contributed by atoms with Gasteiger partial charge in [-0.2, -0.15) is 5.26 Å². The molecule has 18 heavy (non-hydrogen) atoms. The largest absolute Gasteiger partial charge is 0.300 e. The van der Waals surface area contributed by atoms with Gasteiger partial charge in [-0.3, -0.25) is 4.57 Å². The minimum absolute atomic E-state index is 0.320. The molecule has 1 heterocycles. The van der Waals surface area contributed by atoms with E-state index in [-0.39, 0.29) is 5.16 Å². The van der Waals surface area contributed by atoms with Crippen molar-refractivity contribution < 1.29 is 8.42 Å². The maximum Gasteiger partial charge on any atom is 0.273 e. The fourth-order valence-corrected chi connectivity index (χ4v) is 2.16. The van der Waals surface area contributed by atoms with Crippen molar-refractivity contribution in [1.82, 2.24) is 14.8 Å². The molecule has 0 radical (unpaired) electrons. The summed E-state index contributed by atoms with van der Waals surface area (Å²) in [5.41, 5.74) is 1.05. The van der Waals surface area contributed by atoms with Gasteiger partial charge in [0.25, 0.3) is 15.2 Å². The second-order valence-corrected chi connectivity index (χ2v) is 5.06. The van der Waals surface area contributed by atoms with Gasteiger partial charge in [0.2, 0.25) is 0 Å². The van der Waals surface area contributed by atoms with E-state index in [9.17, 15) is 8.42 Å². The van der Waals surface area contributed by atoms with Crippen LogP contribution < -0.4 is 5.14 Å². The number of primary sulfonamides is 1. The van der Waals surface area contributed by atoms with Crippen molar-refractivity contribution in [3.05, 3.63) is 29.8 Å². The van der Waals surface area contributed by atoms with Gasteiger partial charge in [-0.25, -0.2) is 13.6 Å². The summed E-state index contributed by atoms with van der Waals surface area (Å²) in [6.45, 7) is 0. The highest BCUT2D eigenvalue weighted by Gasteiger charge is 2.19. The minimum atomic E-state index is -3.91. The van der Waals surface area contributed by atoms with Gasteiger partial charge >= 0.3 is 0 Å². The van der Waals surface area contributed by atoms with E-state index < -0.39 is 10.0 Å². The van der Waals surface area contributed by atoms with Crippen molar-refractivity contribution in [2.75, 3.05) is 0 Å². The van der Waals surface area contributed by atoms with Gasteiger partial charge in [-0.15, -0.1) is 10.2 Å². The number of nitrogens with zero attached hydrogens (tertiary/aromatic N) is 4. The van der Waals surface area contributed by atoms with Crippen molar-refractivity contribution in [3.63, 3.8) is 0 Å². The van der Waals surface area contributed by atoms with Gasteiger partial charge in [0, 0.05) is 12.6 Å². The molecule has 0 fully saturated rings. The summed E-state index contributed by atoms with van der Waals surface area (Å²) < 4.78 is 23.7. The van der Waals surface area contributed by atoms with Crippen LogP contribution >= 0.6 is 0 Å². The van der Waals surface area contributed by atoms with E-state index in [1.807, 2.05) is 6.07 Å². The summed E-state index contributed by atoms with van der Waals surface area (Å²) in [5.74, 6) is 0.330. The second-order valence-electron chi connectivity index (χ2n) is 3.60. The van der Waals surface area contributed by atoms with Crippen molar-refractivity contribution in [3.8, 4) is 17.5 Å². The van der Waals surface area contributed by atoms with Crippen LogP contribution in [0.3, 0.4) is 0 Å². The highest BCUT2D eigenvalue weighted by atomic mass is 32.2. The summed E-state index contributed by atoms with van der Waals surface area (Å²) >= 11 is 0. The maximum absolute atomic E-state index is 11.2. The Labute approximate surface area is 104 Å². The summed E-state index contributed by atoms with van der Waals surface area (Å²) in [6, 6.07) is 8.61. The van der Waals surface area contributed by atoms with Crippen LogP contribution in [-0.2, 0) is 17.1 Å². The Morgan fingerprint density at radius 1 is 1.39 bits per heavy atom. The van der Waals surface area contributed by atoms with Crippen molar-refractivity contribution in [2.24, 2.45) is 12.2 Å². The third kappa shape index (κ3) is 2.09. The summed E-state index contributed by atoms with van der Waals surface area (Å²) in [6.07, 6.45) is 0. The average Bonchev–Trinajstić information content (AvgIpc) is 2.71. The van der Waals surface area contributed by atoms with E-state index in [0.29, 0.717) is 17.0 Å². The Morgan fingerprint density at radius 3 is 2.67 bits per heavy atom. The summed E-state index contributed by atoms with van der Waals surface area (Å²) in [7, 11) is -2.42. The van der Waals surface area contributed by atoms with Crippen LogP contribution in [0.25, 0.3) is 11.4 Å². The molecule has 0 atom stereocenters. The Balaban J connectivity index is 2.60. The number of sulfonamides is 1. The molecule has 0 saturated heterocycles. The molecule has 0 aliphatic carbocycles. The third-order valence-corrected chi connectivity index (χ3v) is 3.20. The smallest absolute Gasteiger partial charge is 0.273 e. The fraction of sp³-hybridized carbons (Fsp3) is 0.100. The molecule has 2 aromatic rings. The molecule has 7 nitrogen and oxygen atoms in total. The zero-order valence-electron chi connectivity index (χ0n) is 9.40. The maximum atomic E-state index is 11.2. The van der Waals surface area contributed by atoms with Gasteiger partial charge < -0.3 is 0 Å². The van der Waals surface area contributed by atoms with Crippen LogP contribution in [0.4, 0.5) is 0 Å². The zero-order valence-corrected chi connectivity index (χ0v) is 10.2. The van der Waals surface area contributed by atoms with Crippen LogP contribution in [0.2, 0.25) is 0 Å². The summed E-state index contributed by atoms with van der Waals surface area (Å²) in [4.78, 5) is 0. The molecule has 0 aliphatic heterocycles. The van der Waals surface area contributed by atoms with Gasteiger partial charge in [0.15, 0.2) is 5.82 Å². The molecule has 0 amide bonds. The number of nitrogens with two attached hydrogens (primary N) is 1. The Morgan fingerprint density at radius 2 is 2.11 bits per heavy atom. The fourth-order valence-electron chi connectivity index (χ4n) is 1.54. The van der Waals surface area contributed by atoms with Crippen LogP contribution in [0.15, 0.2) is 29.4 Å². The quantitative estimate of drug-likeness (QED) is 0.819. The lowest BCUT2D eigenvalue weighted by Gasteiger charge is -2.02. The predicted octanol–water partition coefficient (Wildman–Crippen LogP) is 0.00118. The van der Waals surface area contributed by atoms with Gasteiger partial charge in [-0.1, -0.05) is 12.1 Å². The van der Waals surface area contributed by atoms with Crippen LogP contribution in [0, 0.1) is 11.3 Å². The van der Waals surface area contributed by atoms with Crippen LogP contribution in [0.1, 0.15) is 5.56 Å². The Hall–Kier alpha value is -2.24. The molecule has 0 saturated carbocycles. The van der Waals surface area contributed by atoms with E-state index in [0.717, 1.165) is 0 Å². The molecular formula is C10H9N5O2S. The molecule has 0 aliphatic rings. The standard InChI is InChI=1S/C10H9N5O2S/c1-15-9(13-14-10(15)18(12,16)17)8-4-2-3-7(5-8)6-11/h2-5H,1H3,(H2,12,16,17). The third-order valence-electron chi connectivity index (χ3n) is 2.34. The molecule has 1 aromatic heterocycles. The number of aromatic nitrogens is 3. The molecule has 0 unspecified atom stereocenters. The SMILES string of the molecule is Cn1c(-c2cccc(C#N)c2)nnc1S(N)(=O)=O. The van der Waals surface area contributed by atoms with Crippen molar-refractivity contribution >= 4 is 10.0 Å². The van der Waals surface area contributed by atoms with Crippen molar-refractivity contribution in [1.29, 1.82) is 5.26 Å². The number of rotatable bonds is 2. The highest BCUT2D eigenvalue weighted by Crippen LogP contribution is 2.19. The van der Waals surface area contributed by atoms with Crippen LogP contribution in [-0.4, -0.2) is 23.2 Å². The lowest BCUT2D eigenvalue weighted by atomic mass is 10.1. The molecule has 8 heteroatoms. The van der Waals surface area contributed by atoms with E-state index in [4.69, 9.17) is 10.4 Å². The number of benzene rings is 1. The van der Waals surface area contributed by atoms with Crippen LogP contribution in [0.5, 0.6) is 0 Å². The van der Waals surface area contributed by atoms with E-state index in [1.165, 1.54) is 11.6 Å². The van der Waals surface area contributed by atoms with Gasteiger partial charge in [0.05, 0.1) is 11.6 Å². The molecule has 2 rings (SSSR count). The summed E-state index contributed by atoms with van der Waals surface area (Å²) in [5, 5.41) is 20.8. The van der Waals surface area contributed by atoms with Gasteiger partial charge in [-0.05, 0) is 12.1 Å². The number of hydrogen-bond donors (Lipinski definition) is 1. The first-order valence-corrected chi connectivity index (χ1v) is 6.41. The first-order valence-electron chi connectivity index (χ1n) is 4.86. The normalized spacial score (nSPS) is 11.2. The monoisotopic (exact) mass is 263 g/mol. The molecule has 2 N–H and O–H groups in total. The molecule has 92 valence electrons. The zero-order chi connectivity index (χ0) is 13.3. The number of nitriles is 1. The molecule has 0 spiro atoms. The Bertz CT molecular complexity index is 742. The van der Waals surface area contributed by atoms with Crippen molar-refractivity contribution in [2.45, 2.75) is 5.16 Å². The Kier molecular flexibility index (Phi) is 2.86. The van der Waals surface area contributed by atoms with E-state index in [2.05, 4.69) is 10.2 Å². The average molecular weight is 263 g/mol. The predicted molar refractivity (Wildman–Crippen MR) is 62.5 cm³/mol. The van der Waals surface area contributed by atoms with E-state index in [1.54, 1.807) is 24.3 Å². The minimum Gasteiger partial charge on any atom is -0.300 e. The highest BCUT2D eigenvalue weighted by molar-refractivity contribution is 7.89. The van der Waals surface area contributed by atoms with Gasteiger partial charge in [0.1, 0.15) is 0 Å². The second kappa shape index (κ2) is 4.21. The first kappa shape index (κ1) is 12.2. The molecule has 1 aromatic carbocycles. The topological polar surface area (TPSA) is 115 Å². The molecular weight excluding hydrogens is 254 g/mol. The number of hydrogen-bond acceptors (Lipinski definition) is 5.